The predicted molar refractivity (Wildman–Crippen MR) is 74.8 cm³/mol. The van der Waals surface area contributed by atoms with Crippen LogP contribution in [-0.2, 0) is 0 Å². The summed E-state index contributed by atoms with van der Waals surface area (Å²) in [7, 11) is 0. The fourth-order valence-electron chi connectivity index (χ4n) is 1.50. The minimum absolute atomic E-state index is 0.110. The zero-order chi connectivity index (χ0) is 13.8. The molecule has 0 saturated heterocycles. The summed E-state index contributed by atoms with van der Waals surface area (Å²) in [5.74, 6) is 6.14. The number of nitrogens with zero attached hydrogens (tertiary/aromatic N) is 3. The first-order valence-corrected chi connectivity index (χ1v) is 5.86. The van der Waals surface area contributed by atoms with Crippen LogP contribution >= 0.6 is 11.6 Å². The van der Waals surface area contributed by atoms with Crippen LogP contribution in [0.3, 0.4) is 0 Å². The number of hydrogen-bond donors (Lipinski definition) is 2. The molecule has 0 saturated carbocycles. The van der Waals surface area contributed by atoms with Crippen LogP contribution in [0.25, 0.3) is 11.4 Å². The molecular weight excluding hydrogens is 266 g/mol. The Morgan fingerprint density at radius 3 is 2.84 bits per heavy atom. The van der Waals surface area contributed by atoms with Crippen LogP contribution in [0.5, 0.6) is 0 Å². The molecule has 6 nitrogen and oxygen atoms in total. The van der Waals surface area contributed by atoms with Gasteiger partial charge in [-0.15, -0.1) is 6.58 Å². The molecule has 0 aliphatic rings. The minimum Gasteiger partial charge on any atom is -0.290 e. The zero-order valence-electron chi connectivity index (χ0n) is 10.0. The molecule has 0 radical (unpaired) electrons. The molecule has 7 heteroatoms. The molecule has 1 aromatic heterocycles. The molecule has 0 fully saturated rings. The summed E-state index contributed by atoms with van der Waals surface area (Å²) < 4.78 is 0. The third-order valence-corrected chi connectivity index (χ3v) is 2.68. The van der Waals surface area contributed by atoms with Crippen LogP contribution < -0.4 is 16.5 Å². The molecule has 1 heterocycles. The van der Waals surface area contributed by atoms with Crippen molar-refractivity contribution in [1.82, 2.24) is 15.0 Å². The van der Waals surface area contributed by atoms with Gasteiger partial charge in [-0.05, 0) is 12.1 Å². The van der Waals surface area contributed by atoms with Crippen LogP contribution in [0, 0.1) is 0 Å². The maximum absolute atomic E-state index is 11.5. The Kier molecular flexibility index (Phi) is 3.94. The van der Waals surface area contributed by atoms with Gasteiger partial charge in [0.2, 0.25) is 5.95 Å². The van der Waals surface area contributed by atoms with Crippen LogP contribution in [0.1, 0.15) is 0 Å². The van der Waals surface area contributed by atoms with Crippen LogP contribution in [0.2, 0.25) is 5.02 Å². The standard InChI is InChI=1S/C12H12ClN5O/c1-2-7-18(14)11-15-10(16-12(19)17-11)8-5-3-4-6-9(8)13/h2-6H,1,7,14H2,(H,15,16,17,19). The molecule has 98 valence electrons. The maximum Gasteiger partial charge on any atom is 0.349 e. The number of aromatic nitrogens is 3. The topological polar surface area (TPSA) is 87.9 Å². The Morgan fingerprint density at radius 1 is 1.42 bits per heavy atom. The van der Waals surface area contributed by atoms with E-state index in [9.17, 15) is 4.79 Å². The number of H-pyrrole nitrogens is 1. The summed E-state index contributed by atoms with van der Waals surface area (Å²) in [6, 6.07) is 7.05. The predicted octanol–water partition coefficient (Wildman–Crippen LogP) is 1.35. The van der Waals surface area contributed by atoms with E-state index in [0.717, 1.165) is 0 Å². The van der Waals surface area contributed by atoms with E-state index in [1.807, 2.05) is 0 Å². The van der Waals surface area contributed by atoms with Crippen molar-refractivity contribution >= 4 is 17.5 Å². The summed E-state index contributed by atoms with van der Waals surface area (Å²) in [4.78, 5) is 22.0. The molecule has 3 N–H and O–H groups in total. The Bertz CT molecular complexity index is 655. The van der Waals surface area contributed by atoms with Crippen molar-refractivity contribution in [1.29, 1.82) is 0 Å². The molecule has 19 heavy (non-hydrogen) atoms. The summed E-state index contributed by atoms with van der Waals surface area (Å²) in [5, 5.41) is 1.71. The summed E-state index contributed by atoms with van der Waals surface area (Å²) >= 11 is 6.06. The Hall–Kier alpha value is -2.18. The van der Waals surface area contributed by atoms with Gasteiger partial charge in [0.05, 0.1) is 11.6 Å². The third-order valence-electron chi connectivity index (χ3n) is 2.35. The average Bonchev–Trinajstić information content (AvgIpc) is 2.39. The lowest BCUT2D eigenvalue weighted by Crippen LogP contribution is -2.34. The van der Waals surface area contributed by atoms with Gasteiger partial charge >= 0.3 is 5.69 Å². The number of halogens is 1. The largest absolute Gasteiger partial charge is 0.349 e. The second kappa shape index (κ2) is 5.64. The van der Waals surface area contributed by atoms with E-state index in [4.69, 9.17) is 17.4 Å². The van der Waals surface area contributed by atoms with Gasteiger partial charge in [-0.2, -0.15) is 9.97 Å². The van der Waals surface area contributed by atoms with Crippen molar-refractivity contribution in [3.63, 3.8) is 0 Å². The van der Waals surface area contributed by atoms with Gasteiger partial charge in [-0.1, -0.05) is 29.8 Å². The van der Waals surface area contributed by atoms with Gasteiger partial charge in [0.25, 0.3) is 0 Å². The highest BCUT2D eigenvalue weighted by Crippen LogP contribution is 2.24. The number of nitrogens with two attached hydrogens (primary N) is 1. The first-order chi connectivity index (χ1) is 9.11. The van der Waals surface area contributed by atoms with E-state index in [-0.39, 0.29) is 5.95 Å². The number of hydrazine groups is 1. The van der Waals surface area contributed by atoms with Gasteiger partial charge < -0.3 is 0 Å². The molecule has 0 amide bonds. The number of hydrogen-bond acceptors (Lipinski definition) is 5. The minimum atomic E-state index is -0.542. The highest BCUT2D eigenvalue weighted by Gasteiger charge is 2.10. The molecule has 2 aromatic rings. The third kappa shape index (κ3) is 2.98. The first kappa shape index (κ1) is 13.3. The lowest BCUT2D eigenvalue weighted by atomic mass is 10.2. The fraction of sp³-hybridized carbons (Fsp3) is 0.0833. The molecule has 0 bridgehead atoms. The number of benzene rings is 1. The van der Waals surface area contributed by atoms with Crippen molar-refractivity contribution in [3.8, 4) is 11.4 Å². The number of nitrogens with one attached hydrogen (secondary N) is 1. The molecule has 2 rings (SSSR count). The van der Waals surface area contributed by atoms with Crippen molar-refractivity contribution in [2.75, 3.05) is 11.6 Å². The van der Waals surface area contributed by atoms with E-state index in [1.165, 1.54) is 5.01 Å². The van der Waals surface area contributed by atoms with E-state index in [1.54, 1.807) is 30.3 Å². The van der Waals surface area contributed by atoms with Crippen molar-refractivity contribution in [3.05, 3.63) is 52.4 Å². The van der Waals surface area contributed by atoms with Gasteiger partial charge in [0, 0.05) is 5.56 Å². The fourth-order valence-corrected chi connectivity index (χ4v) is 1.73. The SMILES string of the molecule is C=CCN(N)c1nc(-c2ccccc2Cl)[nH]c(=O)n1. The molecule has 0 aliphatic heterocycles. The molecule has 0 atom stereocenters. The molecular formula is C12H12ClN5O. The van der Waals surface area contributed by atoms with Crippen LogP contribution in [0.4, 0.5) is 5.95 Å². The van der Waals surface area contributed by atoms with E-state index in [2.05, 4.69) is 21.5 Å². The average molecular weight is 278 g/mol. The quantitative estimate of drug-likeness (QED) is 0.500. The van der Waals surface area contributed by atoms with Crippen molar-refractivity contribution in [2.45, 2.75) is 0 Å². The lowest BCUT2D eigenvalue weighted by molar-refractivity contribution is 0.847. The maximum atomic E-state index is 11.5. The smallest absolute Gasteiger partial charge is 0.290 e. The number of aromatic amines is 1. The van der Waals surface area contributed by atoms with E-state index in [0.29, 0.717) is 23.0 Å². The number of rotatable bonds is 4. The summed E-state index contributed by atoms with van der Waals surface area (Å²) in [6.45, 7) is 3.88. The second-order valence-electron chi connectivity index (χ2n) is 3.72. The highest BCUT2D eigenvalue weighted by atomic mass is 35.5. The lowest BCUT2D eigenvalue weighted by Gasteiger charge is -2.14. The second-order valence-corrected chi connectivity index (χ2v) is 4.13. The van der Waals surface area contributed by atoms with Gasteiger partial charge in [0.1, 0.15) is 5.82 Å². The molecule has 0 aliphatic carbocycles. The van der Waals surface area contributed by atoms with E-state index < -0.39 is 5.69 Å². The van der Waals surface area contributed by atoms with Gasteiger partial charge in [0.15, 0.2) is 0 Å². The molecule has 0 spiro atoms. The first-order valence-electron chi connectivity index (χ1n) is 5.48. The van der Waals surface area contributed by atoms with Crippen molar-refractivity contribution < 1.29 is 0 Å². The van der Waals surface area contributed by atoms with Crippen LogP contribution in [-0.4, -0.2) is 21.5 Å². The Morgan fingerprint density at radius 2 is 2.16 bits per heavy atom. The summed E-state index contributed by atoms with van der Waals surface area (Å²) in [5.41, 5.74) is 0.0661. The van der Waals surface area contributed by atoms with Gasteiger partial charge in [-0.25, -0.2) is 10.6 Å². The monoisotopic (exact) mass is 277 g/mol. The zero-order valence-corrected chi connectivity index (χ0v) is 10.8. The van der Waals surface area contributed by atoms with Crippen LogP contribution in [0.15, 0.2) is 41.7 Å². The Labute approximate surface area is 114 Å². The normalized spacial score (nSPS) is 10.2. The summed E-state index contributed by atoms with van der Waals surface area (Å²) in [6.07, 6.45) is 1.58. The van der Waals surface area contributed by atoms with E-state index >= 15 is 0 Å². The Balaban J connectivity index is 2.51. The molecule has 1 aromatic carbocycles. The van der Waals surface area contributed by atoms with Gasteiger partial charge in [-0.3, -0.25) is 9.99 Å². The number of anilines is 1. The highest BCUT2D eigenvalue weighted by molar-refractivity contribution is 6.33. The molecule has 0 unspecified atom stereocenters. The van der Waals surface area contributed by atoms with Crippen molar-refractivity contribution in [2.24, 2.45) is 5.84 Å².